The molecule has 2 N–H and O–H groups in total. The predicted octanol–water partition coefficient (Wildman–Crippen LogP) is -1.71. The number of aryl methyl sites for hydroxylation is 1. The monoisotopic (exact) mass is 676 g/mol. The first-order chi connectivity index (χ1) is 13.0. The number of halogens is 5. The van der Waals surface area contributed by atoms with Crippen LogP contribution in [0.15, 0.2) is 74.1 Å². The summed E-state index contributed by atoms with van der Waals surface area (Å²) in [5.41, 5.74) is 1.73. The summed E-state index contributed by atoms with van der Waals surface area (Å²) in [5.74, 6) is -0.461. The van der Waals surface area contributed by atoms with E-state index in [-0.39, 0.29) is 54.3 Å². The van der Waals surface area contributed by atoms with E-state index in [1.807, 2.05) is 52.9 Å². The number of rotatable bonds is 6. The summed E-state index contributed by atoms with van der Waals surface area (Å²) < 4.78 is 6.04. The molecule has 1 heterocycles. The zero-order chi connectivity index (χ0) is 19.4. The summed E-state index contributed by atoms with van der Waals surface area (Å²) in [6.45, 7) is 0. The Morgan fingerprint density at radius 3 is 2.24 bits per heavy atom. The van der Waals surface area contributed by atoms with E-state index in [0.717, 1.165) is 5.56 Å². The molecule has 0 saturated heterocycles. The predicted molar refractivity (Wildman–Crippen MR) is 113 cm³/mol. The molecule has 0 radical (unpaired) electrons. The van der Waals surface area contributed by atoms with Crippen molar-refractivity contribution in [3.05, 3.63) is 85.2 Å². The van der Waals surface area contributed by atoms with E-state index in [9.17, 15) is 9.59 Å². The van der Waals surface area contributed by atoms with E-state index in [1.165, 1.54) is 5.32 Å². The van der Waals surface area contributed by atoms with Crippen LogP contribution in [0.1, 0.15) is 22.3 Å². The van der Waals surface area contributed by atoms with Crippen molar-refractivity contribution >= 4 is 57.5 Å². The van der Waals surface area contributed by atoms with Gasteiger partial charge in [-0.1, -0.05) is 54.1 Å². The zero-order valence-corrected chi connectivity index (χ0v) is 21.4. The molecule has 0 fully saturated rings. The summed E-state index contributed by atoms with van der Waals surface area (Å²) in [6, 6.07) is 16.3. The lowest BCUT2D eigenvalue weighted by Gasteiger charge is -2.09. The van der Waals surface area contributed by atoms with Crippen LogP contribution < -0.4 is 46.4 Å². The first kappa shape index (κ1) is 26.4. The number of carbonyl (C=O) groups excluding carboxylic acids is 2. The van der Waals surface area contributed by atoms with Crippen LogP contribution in [0.2, 0.25) is 0 Å². The van der Waals surface area contributed by atoms with Crippen molar-refractivity contribution in [2.75, 3.05) is 0 Å². The fourth-order valence-electron chi connectivity index (χ4n) is 2.59. The van der Waals surface area contributed by atoms with Crippen molar-refractivity contribution in [1.29, 1.82) is 0 Å². The number of para-hydroxylation sites is 1. The number of carbonyl (C=O) groups is 2. The number of Topliss-reactive ketones (excluding diaryl/α,β-unsaturated/α-hetero) is 1. The molecule has 1 aliphatic rings. The van der Waals surface area contributed by atoms with E-state index in [4.69, 9.17) is 27.9 Å². The van der Waals surface area contributed by atoms with E-state index in [0.29, 0.717) is 31.4 Å². The van der Waals surface area contributed by atoms with Crippen LogP contribution in [0.5, 0.6) is 5.75 Å². The summed E-state index contributed by atoms with van der Waals surface area (Å²) >= 11 is 14.1. The molecule has 2 aromatic rings. The van der Waals surface area contributed by atoms with Gasteiger partial charge in [-0.15, -0.1) is 0 Å². The molecule has 0 spiro atoms. The molecule has 2 aromatic carbocycles. The molecule has 29 heavy (non-hydrogen) atoms. The Kier molecular flexibility index (Phi) is 11.2. The van der Waals surface area contributed by atoms with Gasteiger partial charge in [0.15, 0.2) is 5.70 Å². The van der Waals surface area contributed by atoms with E-state index in [2.05, 4.69) is 0 Å². The van der Waals surface area contributed by atoms with Crippen molar-refractivity contribution in [3.63, 3.8) is 0 Å². The van der Waals surface area contributed by atoms with Gasteiger partial charge in [0.25, 0.3) is 5.78 Å². The highest BCUT2D eigenvalue weighted by Gasteiger charge is 2.33. The van der Waals surface area contributed by atoms with Gasteiger partial charge in [0.1, 0.15) is 14.4 Å². The molecule has 0 atom stereocenters. The molecule has 9 heteroatoms. The number of hydrogen-bond acceptors (Lipinski definition) is 3. The summed E-state index contributed by atoms with van der Waals surface area (Å²) in [5, 5.41) is 2.20. The maximum absolute atomic E-state index is 12.9. The Hall–Kier alpha value is -0.650. The van der Waals surface area contributed by atoms with Gasteiger partial charge in [0, 0.05) is 6.42 Å². The van der Waals surface area contributed by atoms with Gasteiger partial charge >= 0.3 is 5.97 Å². The lowest BCUT2D eigenvalue weighted by molar-refractivity contribution is -0.532. The number of quaternary nitrogens is 1. The molecule has 4 nitrogen and oxygen atoms in total. The van der Waals surface area contributed by atoms with Crippen LogP contribution in [-0.2, 0) is 11.2 Å². The summed E-state index contributed by atoms with van der Waals surface area (Å²) in [6.07, 6.45) is 0.792. The molecule has 3 rings (SSSR count). The molecule has 1 aliphatic heterocycles. The van der Waals surface area contributed by atoms with E-state index < -0.39 is 5.97 Å². The number of ether oxygens (including phenoxy) is 1. The third-order valence-electron chi connectivity index (χ3n) is 3.97. The number of nitrogens with two attached hydrogens (primary N) is 1. The van der Waals surface area contributed by atoms with Gasteiger partial charge in [0.05, 0.1) is 5.56 Å². The first-order valence-corrected chi connectivity index (χ1v) is 9.99. The topological polar surface area (TPSA) is 60.0 Å². The highest BCUT2D eigenvalue weighted by molar-refractivity contribution is 14.1. The van der Waals surface area contributed by atoms with Gasteiger partial charge in [-0.25, -0.2) is 0 Å². The third kappa shape index (κ3) is 6.67. The fraction of sp³-hybridized carbons (Fsp3) is 0.100. The molecule has 0 saturated carbocycles. The lowest BCUT2D eigenvalue weighted by Crippen LogP contribution is -3.00. The van der Waals surface area contributed by atoms with Crippen molar-refractivity contribution in [2.24, 2.45) is 0 Å². The zero-order valence-electron chi connectivity index (χ0n) is 14.8. The number of benzene rings is 2. The maximum atomic E-state index is 12.9. The minimum absolute atomic E-state index is 0. The maximum Gasteiger partial charge on any atom is 0.311 e. The van der Waals surface area contributed by atoms with Crippen LogP contribution in [0.3, 0.4) is 0 Å². The Labute approximate surface area is 215 Å². The lowest BCUT2D eigenvalue weighted by atomic mass is 10.1. The molecule has 0 bridgehead atoms. The highest BCUT2D eigenvalue weighted by atomic mass is 127. The number of allylic oxidation sites excluding steroid dienone is 3. The molecular formula is C20H15Cl3I2NO3-. The Morgan fingerprint density at radius 2 is 1.62 bits per heavy atom. The molecule has 0 aromatic heterocycles. The minimum Gasteiger partial charge on any atom is -1.00 e. The van der Waals surface area contributed by atoms with Gasteiger partial charge in [0.2, 0.25) is 5.16 Å². The Morgan fingerprint density at radius 1 is 1.00 bits per heavy atom. The Bertz CT molecular complexity index is 962. The van der Waals surface area contributed by atoms with Gasteiger partial charge in [-0.2, -0.15) is 0 Å². The van der Waals surface area contributed by atoms with Crippen LogP contribution in [0.25, 0.3) is 0 Å². The highest BCUT2D eigenvalue weighted by Crippen LogP contribution is 2.32. The second kappa shape index (κ2) is 12.3. The Balaban J connectivity index is 0.00000210. The number of hydrogen-bond donors (Lipinski definition) is 1. The van der Waals surface area contributed by atoms with Crippen molar-refractivity contribution in [3.8, 4) is 5.75 Å². The largest absolute Gasteiger partial charge is 1.00 e. The van der Waals surface area contributed by atoms with Crippen molar-refractivity contribution in [2.45, 2.75) is 12.8 Å². The minimum atomic E-state index is -0.396. The van der Waals surface area contributed by atoms with Crippen molar-refractivity contribution in [1.82, 2.24) is 0 Å². The molecule has 0 aliphatic carbocycles. The van der Waals surface area contributed by atoms with Gasteiger partial charge in [-0.05, 0) is 58.3 Å². The van der Waals surface area contributed by atoms with Gasteiger partial charge < -0.3 is 41.1 Å². The molecule has 0 amide bonds. The third-order valence-corrected chi connectivity index (χ3v) is 6.20. The molecular weight excluding hydrogens is 662 g/mol. The number of ketones is 1. The average Bonchev–Trinajstić information content (AvgIpc) is 2.94. The number of esters is 1. The fourth-order valence-corrected chi connectivity index (χ4v) is 3.81. The van der Waals surface area contributed by atoms with Crippen LogP contribution in [0, 0.1) is 0 Å². The quantitative estimate of drug-likeness (QED) is 0.130. The van der Waals surface area contributed by atoms with E-state index in [1.54, 1.807) is 24.3 Å². The second-order valence-corrected chi connectivity index (χ2v) is 7.68. The second-order valence-electron chi connectivity index (χ2n) is 5.82. The smallest absolute Gasteiger partial charge is 0.311 e. The molecule has 0 unspecified atom stereocenters. The standard InChI is InChI=1S/C20H14Cl2INO3.ClH.HI/c21-16-17(23)18(24-20(16)22)19(26)13-8-4-5-9-14(13)27-15(25)11-10-12-6-2-1-3-7-12;;/h1-9,24H,10-11H2;2*1H/p-1. The normalized spacial score (nSPS) is 12.9. The average molecular weight is 678 g/mol. The molecule has 154 valence electrons. The summed E-state index contributed by atoms with van der Waals surface area (Å²) in [4.78, 5) is 25.1. The summed E-state index contributed by atoms with van der Waals surface area (Å²) in [7, 11) is 0. The van der Waals surface area contributed by atoms with Crippen LogP contribution in [0.4, 0.5) is 0 Å². The van der Waals surface area contributed by atoms with Crippen molar-refractivity contribution < 1.29 is 56.0 Å². The van der Waals surface area contributed by atoms with Gasteiger partial charge in [-0.3, -0.25) is 14.9 Å². The SMILES string of the molecule is O=C(CCc1ccccc1)Oc1ccccc1C(=O)C1=C(I)C(Cl)=C(Cl)[NH2+]1.[Cl-].[I-]. The van der Waals surface area contributed by atoms with E-state index >= 15 is 0 Å². The van der Waals surface area contributed by atoms with Crippen LogP contribution >= 0.6 is 45.8 Å². The first-order valence-electron chi connectivity index (χ1n) is 8.16. The van der Waals surface area contributed by atoms with Crippen LogP contribution in [-0.4, -0.2) is 11.8 Å².